The number of allylic oxidation sites excluding steroid dienone is 6. The van der Waals surface area contributed by atoms with Crippen LogP contribution in [0.4, 0.5) is 0 Å². The summed E-state index contributed by atoms with van der Waals surface area (Å²) < 4.78 is 0. The van der Waals surface area contributed by atoms with Crippen molar-refractivity contribution in [1.29, 1.82) is 5.26 Å². The van der Waals surface area contributed by atoms with Gasteiger partial charge in [-0.3, -0.25) is 0 Å². The molecule has 0 rings (SSSR count). The van der Waals surface area contributed by atoms with Gasteiger partial charge in [-0.05, 0) is 46.3 Å². The molecule has 0 saturated carbocycles. The number of hydrogen-bond donors (Lipinski definition) is 0. The van der Waals surface area contributed by atoms with E-state index in [1.54, 1.807) is 0 Å². The van der Waals surface area contributed by atoms with Crippen LogP contribution in [0.15, 0.2) is 34.4 Å². The fourth-order valence-electron chi connectivity index (χ4n) is 1.06. The SMILES string of the molecule is C/C=C(\C=C/C(Cl)=C(C)C)C(C)(C)C#N. The zero-order chi connectivity index (χ0) is 12.1. The van der Waals surface area contributed by atoms with E-state index in [1.807, 2.05) is 52.8 Å². The summed E-state index contributed by atoms with van der Waals surface area (Å²) in [7, 11) is 0. The number of halogens is 1. The van der Waals surface area contributed by atoms with Crippen molar-refractivity contribution in [2.75, 3.05) is 0 Å². The predicted octanol–water partition coefficient (Wildman–Crippen LogP) is 4.57. The molecule has 0 spiro atoms. The van der Waals surface area contributed by atoms with Crippen LogP contribution in [-0.2, 0) is 0 Å². The van der Waals surface area contributed by atoms with Gasteiger partial charge in [-0.1, -0.05) is 29.3 Å². The molecule has 15 heavy (non-hydrogen) atoms. The molecule has 0 fully saturated rings. The fraction of sp³-hybridized carbons (Fsp3) is 0.462. The van der Waals surface area contributed by atoms with Gasteiger partial charge < -0.3 is 0 Å². The highest BCUT2D eigenvalue weighted by Gasteiger charge is 2.19. The molecule has 0 unspecified atom stereocenters. The van der Waals surface area contributed by atoms with E-state index in [0.29, 0.717) is 0 Å². The second-order valence-corrected chi connectivity index (χ2v) is 4.57. The van der Waals surface area contributed by atoms with E-state index in [-0.39, 0.29) is 0 Å². The maximum atomic E-state index is 9.00. The lowest BCUT2D eigenvalue weighted by Crippen LogP contribution is -2.09. The van der Waals surface area contributed by atoms with Gasteiger partial charge in [-0.25, -0.2) is 0 Å². The topological polar surface area (TPSA) is 23.8 Å². The molecule has 0 aromatic heterocycles. The van der Waals surface area contributed by atoms with Crippen LogP contribution >= 0.6 is 11.6 Å². The minimum absolute atomic E-state index is 0.468. The third-order valence-corrected chi connectivity index (χ3v) is 2.70. The maximum absolute atomic E-state index is 9.00. The van der Waals surface area contributed by atoms with E-state index in [0.717, 1.165) is 16.2 Å². The van der Waals surface area contributed by atoms with Gasteiger partial charge in [0.05, 0.1) is 11.5 Å². The molecule has 0 radical (unpaired) electrons. The highest BCUT2D eigenvalue weighted by Crippen LogP contribution is 2.26. The Morgan fingerprint density at radius 1 is 1.27 bits per heavy atom. The van der Waals surface area contributed by atoms with Crippen molar-refractivity contribution in [2.45, 2.75) is 34.6 Å². The Bertz CT molecular complexity index is 347. The van der Waals surface area contributed by atoms with Crippen molar-refractivity contribution in [3.05, 3.63) is 34.4 Å². The average molecular weight is 224 g/mol. The minimum Gasteiger partial charge on any atom is -0.197 e. The Labute approximate surface area is 97.7 Å². The van der Waals surface area contributed by atoms with Crippen molar-refractivity contribution in [1.82, 2.24) is 0 Å². The molecule has 0 saturated heterocycles. The third-order valence-electron chi connectivity index (χ3n) is 2.20. The molecule has 82 valence electrons. The highest BCUT2D eigenvalue weighted by atomic mass is 35.5. The minimum atomic E-state index is -0.468. The molecule has 0 aliphatic carbocycles. The van der Waals surface area contributed by atoms with Gasteiger partial charge in [-0.2, -0.15) is 5.26 Å². The molecule has 0 aliphatic rings. The summed E-state index contributed by atoms with van der Waals surface area (Å²) in [6.45, 7) is 9.62. The van der Waals surface area contributed by atoms with Crippen LogP contribution in [-0.4, -0.2) is 0 Å². The molecule has 0 aromatic carbocycles. The Hall–Kier alpha value is -1.00. The van der Waals surface area contributed by atoms with Gasteiger partial charge in [-0.15, -0.1) is 0 Å². The van der Waals surface area contributed by atoms with Gasteiger partial charge in [0.15, 0.2) is 0 Å². The van der Waals surface area contributed by atoms with Crippen LogP contribution in [0.1, 0.15) is 34.6 Å². The lowest BCUT2D eigenvalue weighted by molar-refractivity contribution is 0.611. The van der Waals surface area contributed by atoms with E-state index in [1.165, 1.54) is 0 Å². The summed E-state index contributed by atoms with van der Waals surface area (Å²) >= 11 is 5.99. The fourth-order valence-corrected chi connectivity index (χ4v) is 1.12. The molecule has 0 atom stereocenters. The lowest BCUT2D eigenvalue weighted by atomic mass is 9.85. The second kappa shape index (κ2) is 5.78. The summed E-state index contributed by atoms with van der Waals surface area (Å²) in [4.78, 5) is 0. The maximum Gasteiger partial charge on any atom is 0.0763 e. The van der Waals surface area contributed by atoms with Gasteiger partial charge in [0.25, 0.3) is 0 Å². The first-order chi connectivity index (χ1) is 6.85. The molecular formula is C13H18ClN. The highest BCUT2D eigenvalue weighted by molar-refractivity contribution is 6.31. The van der Waals surface area contributed by atoms with Gasteiger partial charge in [0, 0.05) is 5.03 Å². The molecule has 2 heteroatoms. The summed E-state index contributed by atoms with van der Waals surface area (Å²) in [5, 5.41) is 9.73. The molecule has 0 amide bonds. The van der Waals surface area contributed by atoms with Crippen molar-refractivity contribution < 1.29 is 0 Å². The largest absolute Gasteiger partial charge is 0.197 e. The van der Waals surface area contributed by atoms with Crippen LogP contribution in [0.5, 0.6) is 0 Å². The summed E-state index contributed by atoms with van der Waals surface area (Å²) in [5.74, 6) is 0. The monoisotopic (exact) mass is 223 g/mol. The summed E-state index contributed by atoms with van der Waals surface area (Å²) in [6.07, 6.45) is 5.68. The normalized spacial score (nSPS) is 12.7. The predicted molar refractivity (Wildman–Crippen MR) is 66.5 cm³/mol. The third kappa shape index (κ3) is 4.36. The van der Waals surface area contributed by atoms with Gasteiger partial charge in [0.1, 0.15) is 0 Å². The lowest BCUT2D eigenvalue weighted by Gasteiger charge is -2.16. The molecule has 1 nitrogen and oxygen atoms in total. The standard InChI is InChI=1S/C13H18ClN/c1-6-11(13(4,5)9-15)7-8-12(14)10(2)3/h6-8H,1-5H3/b8-7-,11-6+. The van der Waals surface area contributed by atoms with E-state index >= 15 is 0 Å². The van der Waals surface area contributed by atoms with Gasteiger partial charge >= 0.3 is 0 Å². The molecule has 0 heterocycles. The Balaban J connectivity index is 4.97. The Kier molecular flexibility index (Phi) is 5.39. The van der Waals surface area contributed by atoms with E-state index in [4.69, 9.17) is 16.9 Å². The molecule has 0 N–H and O–H groups in total. The quantitative estimate of drug-likeness (QED) is 0.643. The number of nitriles is 1. The van der Waals surface area contributed by atoms with Crippen LogP contribution in [0.2, 0.25) is 0 Å². The van der Waals surface area contributed by atoms with Gasteiger partial charge in [0.2, 0.25) is 0 Å². The van der Waals surface area contributed by atoms with Crippen molar-refractivity contribution in [3.63, 3.8) is 0 Å². The Morgan fingerprint density at radius 2 is 1.80 bits per heavy atom. The molecular weight excluding hydrogens is 206 g/mol. The Morgan fingerprint density at radius 3 is 2.13 bits per heavy atom. The molecule has 0 aromatic rings. The number of nitrogens with zero attached hydrogens (tertiary/aromatic N) is 1. The molecule has 0 bridgehead atoms. The van der Waals surface area contributed by atoms with E-state index in [9.17, 15) is 0 Å². The van der Waals surface area contributed by atoms with Crippen LogP contribution in [0.25, 0.3) is 0 Å². The summed E-state index contributed by atoms with van der Waals surface area (Å²) in [5.41, 5.74) is 1.58. The van der Waals surface area contributed by atoms with Crippen LogP contribution in [0, 0.1) is 16.7 Å². The zero-order valence-electron chi connectivity index (χ0n) is 10.1. The van der Waals surface area contributed by atoms with Crippen molar-refractivity contribution >= 4 is 11.6 Å². The first-order valence-corrected chi connectivity index (χ1v) is 5.32. The van der Waals surface area contributed by atoms with Crippen molar-refractivity contribution in [3.8, 4) is 6.07 Å². The summed E-state index contributed by atoms with van der Waals surface area (Å²) in [6, 6.07) is 2.27. The number of rotatable bonds is 3. The smallest absolute Gasteiger partial charge is 0.0763 e. The van der Waals surface area contributed by atoms with E-state index in [2.05, 4.69) is 6.07 Å². The zero-order valence-corrected chi connectivity index (χ0v) is 10.8. The van der Waals surface area contributed by atoms with Crippen LogP contribution < -0.4 is 0 Å². The first kappa shape index (κ1) is 14.0. The average Bonchev–Trinajstić information content (AvgIpc) is 2.17. The second-order valence-electron chi connectivity index (χ2n) is 4.16. The van der Waals surface area contributed by atoms with Crippen molar-refractivity contribution in [2.24, 2.45) is 5.41 Å². The number of hydrogen-bond acceptors (Lipinski definition) is 1. The molecule has 0 aliphatic heterocycles. The first-order valence-electron chi connectivity index (χ1n) is 4.94. The van der Waals surface area contributed by atoms with Crippen LogP contribution in [0.3, 0.4) is 0 Å². The van der Waals surface area contributed by atoms with E-state index < -0.39 is 5.41 Å².